The molecule has 1 heterocycles. The number of carbonyl (C=O) groups is 1. The number of sulfonamides is 1. The van der Waals surface area contributed by atoms with Crippen LogP contribution in [-0.2, 0) is 14.8 Å². The van der Waals surface area contributed by atoms with E-state index < -0.39 is 15.9 Å². The minimum absolute atomic E-state index is 0.336. The molecule has 1 amide bonds. The van der Waals surface area contributed by atoms with Crippen LogP contribution in [0, 0.1) is 12.8 Å². The van der Waals surface area contributed by atoms with Gasteiger partial charge in [0.05, 0.1) is 11.9 Å². The first kappa shape index (κ1) is 21.9. The molecule has 2 aromatic rings. The Bertz CT molecular complexity index is 915. The van der Waals surface area contributed by atoms with Crippen molar-refractivity contribution >= 4 is 61.4 Å². The minimum Gasteiger partial charge on any atom is -0.299 e. The van der Waals surface area contributed by atoms with Gasteiger partial charge in [-0.15, -0.1) is 10.2 Å². The van der Waals surface area contributed by atoms with Crippen molar-refractivity contribution in [2.24, 2.45) is 5.92 Å². The molecule has 0 spiro atoms. The summed E-state index contributed by atoms with van der Waals surface area (Å²) >= 11 is 8.91. The summed E-state index contributed by atoms with van der Waals surface area (Å²) in [4.78, 5) is 12.4. The molecule has 0 fully saturated rings. The molecule has 148 valence electrons. The number of nitrogens with zero attached hydrogens (tertiary/aromatic N) is 3. The number of benzene rings is 1. The van der Waals surface area contributed by atoms with Crippen LogP contribution in [-0.4, -0.2) is 43.1 Å². The van der Waals surface area contributed by atoms with Crippen molar-refractivity contribution < 1.29 is 13.2 Å². The van der Waals surface area contributed by atoms with Crippen LogP contribution in [0.3, 0.4) is 0 Å². The maximum absolute atomic E-state index is 12.4. The summed E-state index contributed by atoms with van der Waals surface area (Å²) in [5.41, 5.74) is 0.950. The van der Waals surface area contributed by atoms with Crippen LogP contribution in [0.4, 0.5) is 10.8 Å². The lowest BCUT2D eigenvalue weighted by atomic mass is 10.2. The van der Waals surface area contributed by atoms with Crippen molar-refractivity contribution in [3.8, 4) is 0 Å². The molecule has 27 heavy (non-hydrogen) atoms. The van der Waals surface area contributed by atoms with Crippen LogP contribution in [0.25, 0.3) is 0 Å². The highest BCUT2D eigenvalue weighted by molar-refractivity contribution is 8.01. The van der Waals surface area contributed by atoms with Gasteiger partial charge in [0.25, 0.3) is 0 Å². The first-order valence-corrected chi connectivity index (χ1v) is 12.1. The van der Waals surface area contributed by atoms with Crippen molar-refractivity contribution in [2.75, 3.05) is 28.2 Å². The number of amides is 1. The van der Waals surface area contributed by atoms with Crippen LogP contribution in [0.5, 0.6) is 0 Å². The highest BCUT2D eigenvalue weighted by Crippen LogP contribution is 2.29. The smallest absolute Gasteiger partial charge is 0.246 e. The molecule has 2 rings (SSSR count). The molecule has 0 aliphatic heterocycles. The molecule has 1 aromatic carbocycles. The third-order valence-corrected chi connectivity index (χ3v) is 7.32. The molecule has 0 atom stereocenters. The van der Waals surface area contributed by atoms with E-state index in [0.29, 0.717) is 27.3 Å². The van der Waals surface area contributed by atoms with Crippen LogP contribution in [0.2, 0.25) is 5.02 Å². The van der Waals surface area contributed by atoms with E-state index >= 15 is 0 Å². The minimum atomic E-state index is -3.68. The van der Waals surface area contributed by atoms with Gasteiger partial charge < -0.3 is 0 Å². The lowest BCUT2D eigenvalue weighted by Crippen LogP contribution is -2.37. The summed E-state index contributed by atoms with van der Waals surface area (Å²) in [7, 11) is -3.68. The second-order valence-electron chi connectivity index (χ2n) is 6.28. The number of carbonyl (C=O) groups excluding carboxylic acids is 1. The van der Waals surface area contributed by atoms with Gasteiger partial charge in [-0.25, -0.2) is 8.42 Å². The van der Waals surface area contributed by atoms with Gasteiger partial charge in [-0.2, -0.15) is 0 Å². The van der Waals surface area contributed by atoms with Crippen molar-refractivity contribution in [3.05, 3.63) is 28.8 Å². The SMILES string of the molecule is Cc1c(Cl)cccc1N(CC(=O)Nc1nnc(SCC(C)C)s1)S(C)(=O)=O. The Morgan fingerprint density at radius 1 is 1.37 bits per heavy atom. The molecule has 0 saturated carbocycles. The van der Waals surface area contributed by atoms with E-state index in [1.807, 2.05) is 0 Å². The molecule has 0 saturated heterocycles. The monoisotopic (exact) mass is 448 g/mol. The molecular formula is C16H21ClN4O3S3. The van der Waals surface area contributed by atoms with E-state index in [1.54, 1.807) is 36.9 Å². The topological polar surface area (TPSA) is 92.3 Å². The Labute approximate surface area is 172 Å². The summed E-state index contributed by atoms with van der Waals surface area (Å²) in [6, 6.07) is 4.92. The third kappa shape index (κ3) is 6.34. The maximum atomic E-state index is 12.4. The molecule has 0 unspecified atom stereocenters. The van der Waals surface area contributed by atoms with Gasteiger partial charge in [-0.1, -0.05) is 54.6 Å². The number of thioether (sulfide) groups is 1. The Morgan fingerprint density at radius 3 is 2.70 bits per heavy atom. The molecule has 0 aliphatic carbocycles. The van der Waals surface area contributed by atoms with E-state index in [1.165, 1.54) is 11.3 Å². The van der Waals surface area contributed by atoms with Crippen molar-refractivity contribution in [1.82, 2.24) is 10.2 Å². The van der Waals surface area contributed by atoms with E-state index in [-0.39, 0.29) is 6.54 Å². The Balaban J connectivity index is 2.12. The molecule has 0 aliphatic rings. The normalized spacial score (nSPS) is 11.6. The zero-order chi connectivity index (χ0) is 20.2. The van der Waals surface area contributed by atoms with Gasteiger partial charge in [-0.3, -0.25) is 14.4 Å². The van der Waals surface area contributed by atoms with E-state index in [9.17, 15) is 13.2 Å². The average molecular weight is 449 g/mol. The summed E-state index contributed by atoms with van der Waals surface area (Å²) < 4.78 is 26.2. The molecular weight excluding hydrogens is 428 g/mol. The Morgan fingerprint density at radius 2 is 2.07 bits per heavy atom. The molecule has 1 aromatic heterocycles. The second kappa shape index (κ2) is 9.22. The number of hydrogen-bond acceptors (Lipinski definition) is 7. The Kier molecular flexibility index (Phi) is 7.49. The first-order chi connectivity index (χ1) is 12.6. The van der Waals surface area contributed by atoms with Crippen molar-refractivity contribution in [3.63, 3.8) is 0 Å². The van der Waals surface area contributed by atoms with Gasteiger partial charge in [-0.05, 0) is 30.5 Å². The predicted molar refractivity (Wildman–Crippen MR) is 112 cm³/mol. The number of nitrogens with one attached hydrogen (secondary N) is 1. The first-order valence-electron chi connectivity index (χ1n) is 8.07. The summed E-state index contributed by atoms with van der Waals surface area (Å²) in [5, 5.41) is 11.3. The van der Waals surface area contributed by atoms with Crippen LogP contribution in [0.1, 0.15) is 19.4 Å². The third-order valence-electron chi connectivity index (χ3n) is 3.39. The van der Waals surface area contributed by atoms with Crippen molar-refractivity contribution in [1.29, 1.82) is 0 Å². The fourth-order valence-corrected chi connectivity index (χ4v) is 4.91. The maximum Gasteiger partial charge on any atom is 0.246 e. The quantitative estimate of drug-likeness (QED) is 0.489. The van der Waals surface area contributed by atoms with Crippen LogP contribution >= 0.6 is 34.7 Å². The highest BCUT2D eigenvalue weighted by Gasteiger charge is 2.23. The van der Waals surface area contributed by atoms with Gasteiger partial charge in [0.2, 0.25) is 21.1 Å². The number of aromatic nitrogens is 2. The lowest BCUT2D eigenvalue weighted by Gasteiger charge is -2.23. The summed E-state index contributed by atoms with van der Waals surface area (Å²) in [5.74, 6) is 0.913. The molecule has 7 nitrogen and oxygen atoms in total. The van der Waals surface area contributed by atoms with Crippen LogP contribution < -0.4 is 9.62 Å². The Hall–Kier alpha value is -1.36. The van der Waals surface area contributed by atoms with E-state index in [2.05, 4.69) is 29.4 Å². The largest absolute Gasteiger partial charge is 0.299 e. The fraction of sp³-hybridized carbons (Fsp3) is 0.438. The molecule has 0 bridgehead atoms. The zero-order valence-corrected chi connectivity index (χ0v) is 18.6. The average Bonchev–Trinajstić information content (AvgIpc) is 3.00. The second-order valence-corrected chi connectivity index (χ2v) is 10.8. The van der Waals surface area contributed by atoms with Gasteiger partial charge in [0, 0.05) is 10.8 Å². The number of rotatable bonds is 8. The molecule has 0 radical (unpaired) electrons. The van der Waals surface area contributed by atoms with Gasteiger partial charge in [0.1, 0.15) is 6.54 Å². The zero-order valence-electron chi connectivity index (χ0n) is 15.4. The standard InChI is InChI=1S/C16H21ClN4O3S3/c1-10(2)9-25-16-20-19-15(26-16)18-14(22)8-21(27(4,23)24)13-7-5-6-12(17)11(13)3/h5-7,10H,8-9H2,1-4H3,(H,18,19,22). The van der Waals surface area contributed by atoms with E-state index in [0.717, 1.165) is 20.7 Å². The lowest BCUT2D eigenvalue weighted by molar-refractivity contribution is -0.114. The number of halogens is 1. The van der Waals surface area contributed by atoms with Gasteiger partial charge in [0.15, 0.2) is 4.34 Å². The van der Waals surface area contributed by atoms with Gasteiger partial charge >= 0.3 is 0 Å². The fourth-order valence-electron chi connectivity index (χ4n) is 2.09. The highest BCUT2D eigenvalue weighted by atomic mass is 35.5. The summed E-state index contributed by atoms with van der Waals surface area (Å²) in [6.45, 7) is 5.54. The summed E-state index contributed by atoms with van der Waals surface area (Å²) in [6.07, 6.45) is 1.05. The predicted octanol–water partition coefficient (Wildman–Crippen LogP) is 3.65. The molecule has 11 heteroatoms. The van der Waals surface area contributed by atoms with Crippen molar-refractivity contribution in [2.45, 2.75) is 25.1 Å². The van der Waals surface area contributed by atoms with E-state index in [4.69, 9.17) is 11.6 Å². The number of hydrogen-bond donors (Lipinski definition) is 1. The van der Waals surface area contributed by atoms with Crippen LogP contribution in [0.15, 0.2) is 22.5 Å². The molecule has 1 N–H and O–H groups in total. The number of anilines is 2.